The molecule has 0 aromatic heterocycles. The summed E-state index contributed by atoms with van der Waals surface area (Å²) < 4.78 is 68.5. The summed E-state index contributed by atoms with van der Waals surface area (Å²) in [5, 5.41) is 50.5. The number of guanidine groups is 2. The van der Waals surface area contributed by atoms with Crippen molar-refractivity contribution in [1.29, 1.82) is 5.41 Å². The predicted octanol–water partition coefficient (Wildman–Crippen LogP) is 3.14. The predicted molar refractivity (Wildman–Crippen MR) is 220 cm³/mol. The van der Waals surface area contributed by atoms with Gasteiger partial charge in [0, 0.05) is 62.8 Å². The molecule has 8 atom stereocenters. The minimum Gasteiger partial charge on any atom is -0.550 e. The maximum Gasteiger partial charge on any atom is 0.336 e. The van der Waals surface area contributed by atoms with E-state index in [-0.39, 0.29) is 85.7 Å². The van der Waals surface area contributed by atoms with Gasteiger partial charge < -0.3 is 46.2 Å². The first-order valence-electron chi connectivity index (χ1n) is 22.1. The molecule has 16 nitrogen and oxygen atoms in total. The number of ketones is 2. The largest absolute Gasteiger partial charge is 0.550 e. The van der Waals surface area contributed by atoms with Crippen LogP contribution in [-0.2, 0) is 28.7 Å². The van der Waals surface area contributed by atoms with Crippen LogP contribution in [0, 0.1) is 29.1 Å². The number of carbonyl (C=O) groups is 4. The number of nitrogens with one attached hydrogen (secondary N) is 1. The number of aliphatic hydroxyl groups is 2. The first-order chi connectivity index (χ1) is 28.9. The van der Waals surface area contributed by atoms with Crippen molar-refractivity contribution in [3.63, 3.8) is 0 Å². The number of ether oxygens (including phenoxy) is 2. The van der Waals surface area contributed by atoms with Crippen LogP contribution in [0.3, 0.4) is 0 Å². The molecule has 4 rings (SSSR count). The number of carbonyl (C=O) groups excluding carboxylic acids is 3. The number of rotatable bonds is 22. The van der Waals surface area contributed by atoms with Gasteiger partial charge in [-0.15, -0.1) is 0 Å². The van der Waals surface area contributed by atoms with E-state index in [1.807, 2.05) is 13.8 Å². The zero-order valence-corrected chi connectivity index (χ0v) is 36.5. The highest BCUT2D eigenvalue weighted by Gasteiger charge is 2.61. The Balaban J connectivity index is 0.000000528. The summed E-state index contributed by atoms with van der Waals surface area (Å²) in [5.74, 6) is -14.4. The van der Waals surface area contributed by atoms with Crippen LogP contribution < -0.4 is 33.5 Å². The Labute approximate surface area is 362 Å². The molecule has 62 heavy (non-hydrogen) atoms. The smallest absolute Gasteiger partial charge is 0.336 e. The fraction of sp³-hybridized carbons (Fsp3) is 0.857. The Bertz CT molecular complexity index is 1340. The Morgan fingerprint density at radius 3 is 1.39 bits per heavy atom. The lowest BCUT2D eigenvalue weighted by Crippen LogP contribution is -2.55. The van der Waals surface area contributed by atoms with Crippen LogP contribution in [0.4, 0.5) is 17.6 Å². The zero-order valence-electron chi connectivity index (χ0n) is 36.5. The number of halogens is 4. The third-order valence-corrected chi connectivity index (χ3v) is 12.1. The molecule has 0 aromatic rings. The molecule has 2 saturated heterocycles. The van der Waals surface area contributed by atoms with Crippen LogP contribution in [0.5, 0.6) is 0 Å². The molecule has 14 N–H and O–H groups in total. The van der Waals surface area contributed by atoms with Gasteiger partial charge in [0.2, 0.25) is 11.6 Å². The Morgan fingerprint density at radius 1 is 0.726 bits per heavy atom. The molecule has 0 unspecified atom stereocenters. The highest BCUT2D eigenvalue weighted by atomic mass is 19.3. The van der Waals surface area contributed by atoms with Crippen LogP contribution >= 0.6 is 0 Å². The lowest BCUT2D eigenvalue weighted by atomic mass is 9.81. The maximum absolute atomic E-state index is 14.4. The standard InChI is InChI=1S/2C20H32F2O5.2CH5N3/c2*1-2-3-11-19(21,22)20(26)12-10-15-14(16(23)13-17(15)27-20)8-6-4-5-7-9-18(24)25;2*2-1(3)4/h2*14-15,17,26H,2-13H2,1H3,(H,24,25);2*(H5,2,3,4)/t2*14-,15-,17-,20-;;/m11../s1. The van der Waals surface area contributed by atoms with Crippen LogP contribution in [0.1, 0.15) is 168 Å². The third kappa shape index (κ3) is 18.6. The Kier molecular flexibility index (Phi) is 24.4. The molecule has 20 heteroatoms. The second-order valence-corrected chi connectivity index (χ2v) is 17.1. The highest BCUT2D eigenvalue weighted by molar-refractivity contribution is 5.85. The highest BCUT2D eigenvalue weighted by Crippen LogP contribution is 2.51. The molecule has 2 aliphatic heterocycles. The van der Waals surface area contributed by atoms with Gasteiger partial charge in [0.1, 0.15) is 11.6 Å². The number of unbranched alkanes of at least 4 members (excludes halogenated alkanes) is 8. The molecule has 2 heterocycles. The molecular formula is C42H74F4N6O10. The van der Waals surface area contributed by atoms with E-state index in [1.54, 1.807) is 0 Å². The van der Waals surface area contributed by atoms with E-state index >= 15 is 0 Å². The second kappa shape index (κ2) is 26.9. The van der Waals surface area contributed by atoms with Crippen molar-refractivity contribution >= 4 is 35.4 Å². The number of nitrogens with two attached hydrogens (primary N) is 5. The van der Waals surface area contributed by atoms with Gasteiger partial charge in [0.25, 0.3) is 0 Å². The normalized spacial score (nSPS) is 27.9. The van der Waals surface area contributed by atoms with E-state index in [0.29, 0.717) is 64.2 Å². The van der Waals surface area contributed by atoms with Gasteiger partial charge >= 0.3 is 23.8 Å². The fourth-order valence-electron chi connectivity index (χ4n) is 8.83. The van der Waals surface area contributed by atoms with Gasteiger partial charge in [-0.05, 0) is 69.6 Å². The molecule has 2 saturated carbocycles. The van der Waals surface area contributed by atoms with Crippen molar-refractivity contribution in [2.24, 2.45) is 46.6 Å². The van der Waals surface area contributed by atoms with Crippen LogP contribution in [0.25, 0.3) is 0 Å². The molecule has 0 amide bonds. The van der Waals surface area contributed by atoms with E-state index in [9.17, 15) is 52.1 Å². The van der Waals surface area contributed by atoms with E-state index in [0.717, 1.165) is 38.5 Å². The fourth-order valence-corrected chi connectivity index (χ4v) is 8.83. The summed E-state index contributed by atoms with van der Waals surface area (Å²) in [6, 6.07) is 0. The zero-order chi connectivity index (χ0) is 47.3. The average molecular weight is 899 g/mol. The monoisotopic (exact) mass is 899 g/mol. The number of fused-ring (bicyclic) bond motifs is 2. The summed E-state index contributed by atoms with van der Waals surface area (Å²) in [5.41, 5.74) is 18.1. The number of alkyl halides is 4. The average Bonchev–Trinajstić information content (AvgIpc) is 3.64. The molecule has 4 aliphatic rings. The van der Waals surface area contributed by atoms with Gasteiger partial charge in [-0.2, -0.15) is 0 Å². The van der Waals surface area contributed by atoms with Gasteiger partial charge in [0.15, 0.2) is 5.96 Å². The van der Waals surface area contributed by atoms with Gasteiger partial charge in [-0.25, -0.2) is 17.6 Å². The summed E-state index contributed by atoms with van der Waals surface area (Å²) >= 11 is 0. The third-order valence-electron chi connectivity index (χ3n) is 12.1. The van der Waals surface area contributed by atoms with Crippen LogP contribution in [0.15, 0.2) is 0 Å². The quantitative estimate of drug-likeness (QED) is 0.0326. The molecule has 0 aromatic carbocycles. The van der Waals surface area contributed by atoms with Crippen LogP contribution in [0.2, 0.25) is 0 Å². The summed E-state index contributed by atoms with van der Waals surface area (Å²) in [6.45, 7) is 3.64. The Morgan fingerprint density at radius 2 is 1.06 bits per heavy atom. The second-order valence-electron chi connectivity index (χ2n) is 17.1. The van der Waals surface area contributed by atoms with Crippen molar-refractivity contribution in [3.8, 4) is 0 Å². The lowest BCUT2D eigenvalue weighted by Gasteiger charge is -2.43. The van der Waals surface area contributed by atoms with E-state index in [4.69, 9.17) is 20.0 Å². The van der Waals surface area contributed by atoms with Gasteiger partial charge in [-0.1, -0.05) is 65.2 Å². The van der Waals surface area contributed by atoms with E-state index < -0.39 is 60.4 Å². The first-order valence-corrected chi connectivity index (χ1v) is 22.1. The molecular weight excluding hydrogens is 824 g/mol. The molecule has 360 valence electrons. The van der Waals surface area contributed by atoms with Crippen molar-refractivity contribution in [3.05, 3.63) is 0 Å². The number of hydrogen-bond acceptors (Lipinski definition) is 10. The Hall–Kier alpha value is -3.62. The van der Waals surface area contributed by atoms with Crippen molar-refractivity contribution in [2.45, 2.75) is 204 Å². The summed E-state index contributed by atoms with van der Waals surface area (Å²) in [4.78, 5) is 45.6. The first kappa shape index (κ1) is 56.4. The number of carboxylic acid groups (broad SMARTS) is 2. The minimum atomic E-state index is -3.31. The van der Waals surface area contributed by atoms with E-state index in [1.165, 1.54) is 0 Å². The number of carboxylic acids is 2. The van der Waals surface area contributed by atoms with Crippen molar-refractivity contribution in [1.82, 2.24) is 0 Å². The minimum absolute atomic E-state index is 0.0286. The SMILES string of the molecule is CCCCC(F)(F)[C@@]1(O)CC[C@H]2[C@@H](CC(=O)[C@@H]2CCCCCCC(=O)O)O1.CCCCC(F)(F)[C@@]1(O)CC[C@H]2[C@@H](CC(=O)[C@@H]2CCCCCCC(=O)[O-])O1.N=C(N)N.NC(N)=[NH2+]. The number of aliphatic carboxylic acids is 2. The van der Waals surface area contributed by atoms with E-state index in [2.05, 4.69) is 28.3 Å². The molecule has 4 fully saturated rings. The lowest BCUT2D eigenvalue weighted by molar-refractivity contribution is -0.356. The summed E-state index contributed by atoms with van der Waals surface area (Å²) in [6.07, 6.45) is 8.01. The van der Waals surface area contributed by atoms with Gasteiger partial charge in [0.05, 0.1) is 12.2 Å². The van der Waals surface area contributed by atoms with Crippen LogP contribution in [-0.4, -0.2) is 86.4 Å². The summed E-state index contributed by atoms with van der Waals surface area (Å²) in [7, 11) is 0. The molecule has 0 radical (unpaired) electrons. The number of Topliss-reactive ketones (excluding diaryl/α,β-unsaturated/α-hetero) is 2. The molecule has 2 aliphatic carbocycles. The maximum atomic E-state index is 14.4. The van der Waals surface area contributed by atoms with Crippen molar-refractivity contribution in [2.75, 3.05) is 0 Å². The topological polar surface area (TPSA) is 324 Å². The molecule has 0 spiro atoms. The number of hydrogen-bond donors (Lipinski definition) is 9. The van der Waals surface area contributed by atoms with Crippen molar-refractivity contribution < 1.29 is 72.0 Å². The van der Waals surface area contributed by atoms with Gasteiger partial charge in [-0.3, -0.25) is 36.7 Å². The molecule has 0 bridgehead atoms.